The van der Waals surface area contributed by atoms with Crippen molar-refractivity contribution < 1.29 is 9.53 Å². The summed E-state index contributed by atoms with van der Waals surface area (Å²) in [4.78, 5) is 11.2. The fourth-order valence-corrected chi connectivity index (χ4v) is 11.0. The first kappa shape index (κ1) is 23.6. The maximum atomic E-state index is 11.2. The number of rotatable bonds is 3. The lowest BCUT2D eigenvalue weighted by Gasteiger charge is -2.72. The number of fused-ring (bicyclic) bond motifs is 7. The van der Waals surface area contributed by atoms with Gasteiger partial charge in [0.2, 0.25) is 0 Å². The molecule has 0 radical (unpaired) electrons. The number of hydrogen-bond donors (Lipinski definition) is 1. The molecular weight excluding hydrogens is 406 g/mol. The number of carbonyl (C=O) groups is 1. The van der Waals surface area contributed by atoms with E-state index in [1.165, 1.54) is 56.9 Å². The van der Waals surface area contributed by atoms with Gasteiger partial charge in [-0.1, -0.05) is 46.8 Å². The van der Waals surface area contributed by atoms with E-state index in [0.717, 1.165) is 12.2 Å². The summed E-state index contributed by atoms with van der Waals surface area (Å²) in [5.74, 6) is 4.06. The highest BCUT2D eigenvalue weighted by Gasteiger charge is 2.70. The Balaban J connectivity index is 1.54. The summed E-state index contributed by atoms with van der Waals surface area (Å²) >= 11 is 0. The average molecular weight is 454 g/mol. The highest BCUT2D eigenvalue weighted by molar-refractivity contribution is 5.41. The van der Waals surface area contributed by atoms with Crippen LogP contribution >= 0.6 is 0 Å². The lowest BCUT2D eigenvalue weighted by molar-refractivity contribution is -0.221. The molecule has 3 heteroatoms. The predicted octanol–water partition coefficient (Wildman–Crippen LogP) is 7.02. The Morgan fingerprint density at radius 1 is 1.00 bits per heavy atom. The van der Waals surface area contributed by atoms with Crippen molar-refractivity contribution in [3.05, 3.63) is 24.0 Å². The van der Waals surface area contributed by atoms with E-state index in [-0.39, 0.29) is 16.4 Å². The van der Waals surface area contributed by atoms with Gasteiger partial charge in [0, 0.05) is 11.0 Å². The molecule has 5 rings (SSSR count). The van der Waals surface area contributed by atoms with Gasteiger partial charge < -0.3 is 10.5 Å². The van der Waals surface area contributed by atoms with Gasteiger partial charge >= 0.3 is 0 Å². The molecule has 3 nitrogen and oxygen atoms in total. The molecular formula is C30H47NO2. The Kier molecular flexibility index (Phi) is 5.17. The summed E-state index contributed by atoms with van der Waals surface area (Å²) < 4.78 is 5.51. The molecule has 5 aliphatic carbocycles. The number of carbonyl (C=O) groups excluding carboxylic acids is 1. The van der Waals surface area contributed by atoms with E-state index in [1.54, 1.807) is 0 Å². The first-order valence-electron chi connectivity index (χ1n) is 13.6. The molecule has 5 aliphatic rings. The van der Waals surface area contributed by atoms with E-state index < -0.39 is 0 Å². The smallest absolute Gasteiger partial charge is 0.298 e. The molecule has 0 spiro atoms. The van der Waals surface area contributed by atoms with Crippen molar-refractivity contribution in [3.8, 4) is 0 Å². The van der Waals surface area contributed by atoms with Crippen LogP contribution in [0.4, 0.5) is 0 Å². The van der Waals surface area contributed by atoms with Gasteiger partial charge in [0.15, 0.2) is 0 Å². The molecule has 0 heterocycles. The van der Waals surface area contributed by atoms with Gasteiger partial charge in [0.05, 0.1) is 0 Å². The average Bonchev–Trinajstić information content (AvgIpc) is 3.09. The minimum atomic E-state index is -0.0948. The maximum absolute atomic E-state index is 11.2. The second kappa shape index (κ2) is 7.21. The second-order valence-electron chi connectivity index (χ2n) is 14.1. The molecule has 9 atom stereocenters. The first-order valence-corrected chi connectivity index (χ1v) is 13.6. The standard InChI is InChI=1S/C30H47NO2/c1-19(2)20-10-15-30(31)17-16-28(6)21(25(20)30)8-9-23-27(5)13-12-24(33-18-32)26(3,4)22(27)11-14-29(23,28)7/h12,18,20-23,25H,1,8-11,13-17,31H2,2-7H3/t20-,21+,22-,23+,25+,27-,28+,29+,30-/m0/s1. The molecule has 184 valence electrons. The van der Waals surface area contributed by atoms with Crippen LogP contribution < -0.4 is 5.73 Å². The minimum Gasteiger partial charge on any atom is -0.433 e. The number of allylic oxidation sites excluding steroid dienone is 3. The summed E-state index contributed by atoms with van der Waals surface area (Å²) in [5.41, 5.74) is 9.40. The lowest BCUT2D eigenvalue weighted by atomic mass is 9.33. The topological polar surface area (TPSA) is 52.3 Å². The van der Waals surface area contributed by atoms with E-state index in [2.05, 4.69) is 54.2 Å². The van der Waals surface area contributed by atoms with E-state index in [4.69, 9.17) is 10.5 Å². The van der Waals surface area contributed by atoms with Crippen molar-refractivity contribution in [3.63, 3.8) is 0 Å². The fraction of sp³-hybridized carbons (Fsp3) is 0.833. The highest BCUT2D eigenvalue weighted by atomic mass is 16.5. The van der Waals surface area contributed by atoms with Gasteiger partial charge in [0.25, 0.3) is 6.47 Å². The summed E-state index contributed by atoms with van der Waals surface area (Å²) in [6.45, 7) is 19.8. The van der Waals surface area contributed by atoms with Crippen LogP contribution in [-0.4, -0.2) is 12.0 Å². The number of hydrogen-bond acceptors (Lipinski definition) is 3. The molecule has 0 saturated heterocycles. The molecule has 2 N–H and O–H groups in total. The molecule has 0 amide bonds. The minimum absolute atomic E-state index is 0.0226. The SMILES string of the molecule is C=C(C)[C@@H]1CC[C@]2(N)CC[C@]3(C)[C@H](CC[C@@H]4[C@@]5(C)CC=C(OC=O)C(C)(C)[C@@H]5CC[C@]43C)[C@@H]12. The van der Waals surface area contributed by atoms with Crippen LogP contribution in [0.3, 0.4) is 0 Å². The Hall–Kier alpha value is -1.09. The van der Waals surface area contributed by atoms with Crippen molar-refractivity contribution in [1.82, 2.24) is 0 Å². The van der Waals surface area contributed by atoms with Gasteiger partial charge in [-0.05, 0) is 117 Å². The van der Waals surface area contributed by atoms with Crippen molar-refractivity contribution >= 4 is 6.47 Å². The van der Waals surface area contributed by atoms with Gasteiger partial charge in [-0.2, -0.15) is 0 Å². The van der Waals surface area contributed by atoms with Crippen LogP contribution in [0.15, 0.2) is 24.0 Å². The Labute approximate surface area is 202 Å². The molecule has 4 saturated carbocycles. The quantitative estimate of drug-likeness (QED) is 0.369. The van der Waals surface area contributed by atoms with Gasteiger partial charge in [-0.15, -0.1) is 0 Å². The second-order valence-corrected chi connectivity index (χ2v) is 14.1. The Morgan fingerprint density at radius 3 is 2.39 bits per heavy atom. The Morgan fingerprint density at radius 2 is 1.73 bits per heavy atom. The van der Waals surface area contributed by atoms with Crippen LogP contribution in [0.1, 0.15) is 99.3 Å². The zero-order valence-electron chi connectivity index (χ0n) is 22.0. The fourth-order valence-electron chi connectivity index (χ4n) is 11.0. The van der Waals surface area contributed by atoms with Gasteiger partial charge in [-0.25, -0.2) is 0 Å². The normalized spacial score (nSPS) is 52.5. The molecule has 4 fully saturated rings. The third kappa shape index (κ3) is 2.87. The zero-order valence-corrected chi connectivity index (χ0v) is 22.0. The summed E-state index contributed by atoms with van der Waals surface area (Å²) in [7, 11) is 0. The Bertz CT molecular complexity index is 890. The zero-order chi connectivity index (χ0) is 24.0. The van der Waals surface area contributed by atoms with E-state index >= 15 is 0 Å². The van der Waals surface area contributed by atoms with E-state index in [1.807, 2.05) is 0 Å². The third-order valence-electron chi connectivity index (χ3n) is 12.8. The summed E-state index contributed by atoms with van der Waals surface area (Å²) in [5, 5.41) is 0. The number of ether oxygens (including phenoxy) is 1. The molecule has 0 aliphatic heterocycles. The van der Waals surface area contributed by atoms with E-state index in [0.29, 0.717) is 46.9 Å². The molecule has 0 bridgehead atoms. The van der Waals surface area contributed by atoms with Crippen molar-refractivity contribution in [2.24, 2.45) is 57.0 Å². The highest BCUT2D eigenvalue weighted by Crippen LogP contribution is 2.76. The first-order chi connectivity index (χ1) is 15.3. The third-order valence-corrected chi connectivity index (χ3v) is 12.8. The summed E-state index contributed by atoms with van der Waals surface area (Å²) in [6, 6.07) is 0. The van der Waals surface area contributed by atoms with Crippen molar-refractivity contribution in [1.29, 1.82) is 0 Å². The molecule has 0 aromatic rings. The predicted molar refractivity (Wildman–Crippen MR) is 134 cm³/mol. The van der Waals surface area contributed by atoms with Gasteiger partial charge in [0.1, 0.15) is 5.76 Å². The van der Waals surface area contributed by atoms with Crippen LogP contribution in [0.5, 0.6) is 0 Å². The van der Waals surface area contributed by atoms with Crippen LogP contribution in [0.25, 0.3) is 0 Å². The van der Waals surface area contributed by atoms with Crippen LogP contribution in [0.2, 0.25) is 0 Å². The van der Waals surface area contributed by atoms with Gasteiger partial charge in [-0.3, -0.25) is 4.79 Å². The van der Waals surface area contributed by atoms with Crippen LogP contribution in [-0.2, 0) is 9.53 Å². The monoisotopic (exact) mass is 453 g/mol. The number of nitrogens with two attached hydrogens (primary N) is 1. The molecule has 0 unspecified atom stereocenters. The van der Waals surface area contributed by atoms with Crippen molar-refractivity contribution in [2.75, 3.05) is 0 Å². The molecule has 33 heavy (non-hydrogen) atoms. The summed E-state index contributed by atoms with van der Waals surface area (Å²) in [6.07, 6.45) is 13.3. The lowest BCUT2D eigenvalue weighted by Crippen LogP contribution is -2.67. The molecule has 0 aromatic heterocycles. The van der Waals surface area contributed by atoms with Crippen LogP contribution in [0, 0.1) is 51.2 Å². The van der Waals surface area contributed by atoms with E-state index in [9.17, 15) is 4.79 Å². The van der Waals surface area contributed by atoms with Crippen molar-refractivity contribution in [2.45, 2.75) is 105 Å². The molecule has 0 aromatic carbocycles. The largest absolute Gasteiger partial charge is 0.433 e. The maximum Gasteiger partial charge on any atom is 0.298 e.